The van der Waals surface area contributed by atoms with Gasteiger partial charge in [-0.15, -0.1) is 5.10 Å². The molecule has 3 aromatic rings. The van der Waals surface area contributed by atoms with E-state index in [1.54, 1.807) is 10.7 Å². The summed E-state index contributed by atoms with van der Waals surface area (Å²) in [5.41, 5.74) is 11.5. The van der Waals surface area contributed by atoms with Gasteiger partial charge < -0.3 is 16.0 Å². The van der Waals surface area contributed by atoms with Crippen molar-refractivity contribution in [3.63, 3.8) is 0 Å². The quantitative estimate of drug-likeness (QED) is 0.585. The fraction of sp³-hybridized carbons (Fsp3) is 0.462. The second-order valence-electron chi connectivity index (χ2n) is 10.4. The van der Waals surface area contributed by atoms with Gasteiger partial charge in [0, 0.05) is 36.0 Å². The number of rotatable bonds is 6. The SMILES string of the molecule is CC(C)c1cc(-c2ccn3nc(N)c(C(=O)NC4CC4)c3n2)cc2c1C(=O)N([C@@H](C)C1CC1)C2. The van der Waals surface area contributed by atoms with Crippen LogP contribution < -0.4 is 11.1 Å². The van der Waals surface area contributed by atoms with Gasteiger partial charge in [-0.2, -0.15) is 0 Å². The number of anilines is 1. The highest BCUT2D eigenvalue weighted by Gasteiger charge is 2.40. The van der Waals surface area contributed by atoms with Gasteiger partial charge in [0.15, 0.2) is 11.5 Å². The monoisotopic (exact) mass is 458 g/mol. The molecule has 8 nitrogen and oxygen atoms in total. The zero-order chi connectivity index (χ0) is 23.7. The molecule has 1 atom stereocenters. The number of nitrogens with zero attached hydrogens (tertiary/aromatic N) is 4. The molecule has 0 bridgehead atoms. The van der Waals surface area contributed by atoms with Crippen LogP contribution in [-0.4, -0.2) is 43.4 Å². The largest absolute Gasteiger partial charge is 0.381 e. The highest BCUT2D eigenvalue weighted by Crippen LogP contribution is 2.41. The summed E-state index contributed by atoms with van der Waals surface area (Å²) in [6.45, 7) is 7.05. The number of nitrogen functional groups attached to an aromatic ring is 1. The minimum absolute atomic E-state index is 0.149. The molecule has 0 radical (unpaired) electrons. The standard InChI is InChI=1S/C26H30N6O2/c1-13(2)19-11-16(10-17-12-31(26(34)21(17)19)14(3)15-4-5-15)20-8-9-32-24(29-20)22(23(27)30-32)25(33)28-18-6-7-18/h8-11,13-15,18H,4-7,12H2,1-3H3,(H2,27,30)(H,28,33)/t14-/m0/s1. The Kier molecular flexibility index (Phi) is 4.69. The number of hydrogen-bond acceptors (Lipinski definition) is 5. The van der Waals surface area contributed by atoms with Crippen molar-refractivity contribution in [1.29, 1.82) is 0 Å². The lowest BCUT2D eigenvalue weighted by atomic mass is 9.91. The molecule has 3 aliphatic rings. The molecule has 1 aliphatic heterocycles. The molecule has 3 heterocycles. The summed E-state index contributed by atoms with van der Waals surface area (Å²) in [4.78, 5) is 33.0. The van der Waals surface area contributed by atoms with E-state index >= 15 is 0 Å². The fourth-order valence-electron chi connectivity index (χ4n) is 5.09. The van der Waals surface area contributed by atoms with Crippen LogP contribution in [0, 0.1) is 5.92 Å². The van der Waals surface area contributed by atoms with Crippen LogP contribution in [0.25, 0.3) is 16.9 Å². The molecule has 2 fully saturated rings. The Morgan fingerprint density at radius 2 is 1.94 bits per heavy atom. The second-order valence-corrected chi connectivity index (χ2v) is 10.4. The van der Waals surface area contributed by atoms with Crippen molar-refractivity contribution in [1.82, 2.24) is 24.8 Å². The van der Waals surface area contributed by atoms with Gasteiger partial charge in [-0.3, -0.25) is 9.59 Å². The Hall–Kier alpha value is -3.42. The molecular weight excluding hydrogens is 428 g/mol. The van der Waals surface area contributed by atoms with Crippen molar-refractivity contribution in [3.05, 3.63) is 46.6 Å². The van der Waals surface area contributed by atoms with Crippen LogP contribution in [0.1, 0.15) is 84.2 Å². The number of benzene rings is 1. The summed E-state index contributed by atoms with van der Waals surface area (Å²) < 4.78 is 1.56. The number of hydrogen-bond donors (Lipinski definition) is 2. The summed E-state index contributed by atoms with van der Waals surface area (Å²) in [6, 6.07) is 6.53. The molecule has 176 valence electrons. The Bertz CT molecular complexity index is 1330. The van der Waals surface area contributed by atoms with E-state index in [0.717, 1.165) is 40.8 Å². The van der Waals surface area contributed by atoms with Crippen LogP contribution in [0.4, 0.5) is 5.82 Å². The maximum Gasteiger partial charge on any atom is 0.259 e. The fourth-order valence-corrected chi connectivity index (χ4v) is 5.09. The van der Waals surface area contributed by atoms with E-state index < -0.39 is 0 Å². The predicted molar refractivity (Wildman–Crippen MR) is 129 cm³/mol. The zero-order valence-electron chi connectivity index (χ0n) is 19.8. The van der Waals surface area contributed by atoms with Crippen LogP contribution >= 0.6 is 0 Å². The number of nitrogens with two attached hydrogens (primary N) is 1. The van der Waals surface area contributed by atoms with Gasteiger partial charge in [0.25, 0.3) is 11.8 Å². The van der Waals surface area contributed by atoms with Crippen LogP contribution in [0.15, 0.2) is 24.4 Å². The van der Waals surface area contributed by atoms with E-state index in [2.05, 4.69) is 43.3 Å². The maximum atomic E-state index is 13.4. The van der Waals surface area contributed by atoms with Crippen LogP contribution in [-0.2, 0) is 6.54 Å². The number of carbonyl (C=O) groups is 2. The highest BCUT2D eigenvalue weighted by molar-refractivity contribution is 6.04. The van der Waals surface area contributed by atoms with E-state index in [4.69, 9.17) is 10.7 Å². The minimum Gasteiger partial charge on any atom is -0.381 e. The molecule has 3 N–H and O–H groups in total. The van der Waals surface area contributed by atoms with Gasteiger partial charge in [0.05, 0.1) is 5.69 Å². The lowest BCUT2D eigenvalue weighted by Gasteiger charge is -2.24. The van der Waals surface area contributed by atoms with Gasteiger partial charge in [0.1, 0.15) is 5.56 Å². The van der Waals surface area contributed by atoms with Crippen molar-refractivity contribution >= 4 is 23.3 Å². The number of aromatic nitrogens is 3. The summed E-state index contributed by atoms with van der Waals surface area (Å²) in [6.07, 6.45) is 6.19. The number of fused-ring (bicyclic) bond motifs is 2. The number of carbonyl (C=O) groups excluding carboxylic acids is 2. The molecular formula is C26H30N6O2. The topological polar surface area (TPSA) is 106 Å². The third-order valence-corrected chi connectivity index (χ3v) is 7.43. The van der Waals surface area contributed by atoms with Crippen molar-refractivity contribution in [2.45, 2.75) is 71.0 Å². The van der Waals surface area contributed by atoms with Gasteiger partial charge in [-0.1, -0.05) is 13.8 Å². The molecule has 34 heavy (non-hydrogen) atoms. The van der Waals surface area contributed by atoms with Gasteiger partial charge in [-0.05, 0) is 73.8 Å². The summed E-state index contributed by atoms with van der Waals surface area (Å²) in [5, 5.41) is 7.27. The van der Waals surface area contributed by atoms with Gasteiger partial charge in [-0.25, -0.2) is 9.50 Å². The molecule has 0 saturated heterocycles. The molecule has 1 aromatic carbocycles. The van der Waals surface area contributed by atoms with Gasteiger partial charge in [0.2, 0.25) is 0 Å². The van der Waals surface area contributed by atoms with E-state index in [9.17, 15) is 9.59 Å². The van der Waals surface area contributed by atoms with E-state index in [-0.39, 0.29) is 35.6 Å². The zero-order valence-corrected chi connectivity index (χ0v) is 19.8. The van der Waals surface area contributed by atoms with Crippen LogP contribution in [0.2, 0.25) is 0 Å². The number of amides is 2. The van der Waals surface area contributed by atoms with Gasteiger partial charge >= 0.3 is 0 Å². The maximum absolute atomic E-state index is 13.4. The van der Waals surface area contributed by atoms with Crippen molar-refractivity contribution in [3.8, 4) is 11.3 Å². The van der Waals surface area contributed by atoms with E-state index in [1.165, 1.54) is 12.8 Å². The first-order valence-corrected chi connectivity index (χ1v) is 12.3. The molecule has 2 saturated carbocycles. The van der Waals surface area contributed by atoms with Crippen molar-refractivity contribution in [2.75, 3.05) is 5.73 Å². The summed E-state index contributed by atoms with van der Waals surface area (Å²) in [7, 11) is 0. The molecule has 2 amide bonds. The third-order valence-electron chi connectivity index (χ3n) is 7.43. The third kappa shape index (κ3) is 3.43. The lowest BCUT2D eigenvalue weighted by Crippen LogP contribution is -2.34. The summed E-state index contributed by atoms with van der Waals surface area (Å²) >= 11 is 0. The normalized spacial score (nSPS) is 18.6. The first-order chi connectivity index (χ1) is 16.3. The Balaban J connectivity index is 1.42. The first kappa shape index (κ1) is 21.1. The molecule has 0 unspecified atom stereocenters. The van der Waals surface area contributed by atoms with E-state index in [0.29, 0.717) is 23.7 Å². The molecule has 0 spiro atoms. The summed E-state index contributed by atoms with van der Waals surface area (Å²) in [5.74, 6) is 0.914. The Morgan fingerprint density at radius 1 is 1.18 bits per heavy atom. The molecule has 8 heteroatoms. The molecule has 6 rings (SSSR count). The first-order valence-electron chi connectivity index (χ1n) is 12.3. The highest BCUT2D eigenvalue weighted by atomic mass is 16.2. The Labute approximate surface area is 198 Å². The average molecular weight is 459 g/mol. The van der Waals surface area contributed by atoms with Crippen LogP contribution in [0.5, 0.6) is 0 Å². The second kappa shape index (κ2) is 7.55. The smallest absolute Gasteiger partial charge is 0.259 e. The predicted octanol–water partition coefficient (Wildman–Crippen LogP) is 3.75. The minimum atomic E-state index is -0.230. The molecule has 2 aliphatic carbocycles. The average Bonchev–Trinajstić information content (AvgIpc) is 3.73. The van der Waals surface area contributed by atoms with E-state index in [1.807, 2.05) is 11.0 Å². The van der Waals surface area contributed by atoms with Crippen molar-refractivity contribution < 1.29 is 9.59 Å². The molecule has 2 aromatic heterocycles. The Morgan fingerprint density at radius 3 is 2.62 bits per heavy atom. The number of nitrogens with one attached hydrogen (secondary N) is 1. The van der Waals surface area contributed by atoms with Crippen molar-refractivity contribution in [2.24, 2.45) is 5.92 Å². The van der Waals surface area contributed by atoms with Crippen LogP contribution in [0.3, 0.4) is 0 Å². The lowest BCUT2D eigenvalue weighted by molar-refractivity contribution is 0.0696.